The van der Waals surface area contributed by atoms with Gasteiger partial charge in [0.05, 0.1) is 11.5 Å². The van der Waals surface area contributed by atoms with Crippen molar-refractivity contribution in [2.24, 2.45) is 0 Å². The first kappa shape index (κ1) is 12.4. The van der Waals surface area contributed by atoms with Gasteiger partial charge in [-0.3, -0.25) is 0 Å². The molecular formula is C12H17NO3S. The van der Waals surface area contributed by atoms with Gasteiger partial charge in [0.2, 0.25) is 0 Å². The van der Waals surface area contributed by atoms with Gasteiger partial charge in [-0.05, 0) is 31.0 Å². The second-order valence-electron chi connectivity index (χ2n) is 4.58. The zero-order valence-corrected chi connectivity index (χ0v) is 10.6. The van der Waals surface area contributed by atoms with Gasteiger partial charge in [-0.1, -0.05) is 12.1 Å². The summed E-state index contributed by atoms with van der Waals surface area (Å²) < 4.78 is 22.7. The molecule has 2 atom stereocenters. The molecule has 5 heteroatoms. The monoisotopic (exact) mass is 255 g/mol. The van der Waals surface area contributed by atoms with Crippen molar-refractivity contribution in [2.75, 3.05) is 11.5 Å². The minimum Gasteiger partial charge on any atom is -0.508 e. The van der Waals surface area contributed by atoms with E-state index in [0.29, 0.717) is 6.42 Å². The summed E-state index contributed by atoms with van der Waals surface area (Å²) in [6, 6.07) is 7.09. The Morgan fingerprint density at radius 1 is 1.47 bits per heavy atom. The van der Waals surface area contributed by atoms with E-state index in [1.807, 2.05) is 13.0 Å². The molecule has 94 valence electrons. The number of aromatic hydroxyl groups is 1. The minimum absolute atomic E-state index is 0.0253. The zero-order chi connectivity index (χ0) is 12.5. The lowest BCUT2D eigenvalue weighted by molar-refractivity contribution is 0.464. The van der Waals surface area contributed by atoms with E-state index in [1.54, 1.807) is 18.2 Å². The fourth-order valence-corrected chi connectivity index (χ4v) is 3.86. The van der Waals surface area contributed by atoms with Crippen LogP contribution in [0.25, 0.3) is 0 Å². The standard InChI is InChI=1S/C12H17NO3S/c1-9(10-3-2-4-12(14)7-10)13-11-5-6-17(15,16)8-11/h2-4,7,9,11,13-14H,5-6,8H2,1H3. The number of hydrogen-bond donors (Lipinski definition) is 2. The Balaban J connectivity index is 2.00. The first-order chi connectivity index (χ1) is 7.96. The van der Waals surface area contributed by atoms with Crippen molar-refractivity contribution in [2.45, 2.75) is 25.4 Å². The van der Waals surface area contributed by atoms with E-state index in [4.69, 9.17) is 0 Å². The van der Waals surface area contributed by atoms with Crippen LogP contribution in [0.4, 0.5) is 0 Å². The predicted octanol–water partition coefficient (Wildman–Crippen LogP) is 1.23. The number of phenolic OH excluding ortho intramolecular Hbond substituents is 1. The molecule has 2 rings (SSSR count). The van der Waals surface area contributed by atoms with Crippen LogP contribution in [0.1, 0.15) is 24.9 Å². The van der Waals surface area contributed by atoms with Crippen molar-refractivity contribution in [1.29, 1.82) is 0 Å². The number of hydrogen-bond acceptors (Lipinski definition) is 4. The highest BCUT2D eigenvalue weighted by atomic mass is 32.2. The number of rotatable bonds is 3. The lowest BCUT2D eigenvalue weighted by Gasteiger charge is -2.18. The summed E-state index contributed by atoms with van der Waals surface area (Å²) in [5.74, 6) is 0.725. The second kappa shape index (κ2) is 4.66. The Kier molecular flexibility index (Phi) is 3.40. The Hall–Kier alpha value is -1.07. The van der Waals surface area contributed by atoms with E-state index in [0.717, 1.165) is 5.56 Å². The van der Waals surface area contributed by atoms with Gasteiger partial charge >= 0.3 is 0 Å². The van der Waals surface area contributed by atoms with Gasteiger partial charge < -0.3 is 10.4 Å². The van der Waals surface area contributed by atoms with Crippen LogP contribution in [0.5, 0.6) is 5.75 Å². The number of phenols is 1. The van der Waals surface area contributed by atoms with Gasteiger partial charge in [0, 0.05) is 12.1 Å². The largest absolute Gasteiger partial charge is 0.508 e. The van der Waals surface area contributed by atoms with Crippen molar-refractivity contribution < 1.29 is 13.5 Å². The lowest BCUT2D eigenvalue weighted by atomic mass is 10.1. The van der Waals surface area contributed by atoms with Crippen molar-refractivity contribution >= 4 is 9.84 Å². The molecule has 0 bridgehead atoms. The molecule has 1 fully saturated rings. The molecule has 0 aliphatic carbocycles. The molecule has 1 aromatic carbocycles. The van der Waals surface area contributed by atoms with E-state index >= 15 is 0 Å². The molecule has 1 saturated heterocycles. The highest BCUT2D eigenvalue weighted by molar-refractivity contribution is 7.91. The molecule has 0 amide bonds. The maximum atomic E-state index is 11.3. The average Bonchev–Trinajstić information content (AvgIpc) is 2.58. The van der Waals surface area contributed by atoms with E-state index in [2.05, 4.69) is 5.32 Å². The van der Waals surface area contributed by atoms with E-state index < -0.39 is 9.84 Å². The van der Waals surface area contributed by atoms with Crippen LogP contribution in [-0.4, -0.2) is 31.1 Å². The molecule has 4 nitrogen and oxygen atoms in total. The normalized spacial score (nSPS) is 24.6. The van der Waals surface area contributed by atoms with E-state index in [-0.39, 0.29) is 29.3 Å². The molecular weight excluding hydrogens is 238 g/mol. The summed E-state index contributed by atoms with van der Waals surface area (Å²) in [6.45, 7) is 1.97. The van der Waals surface area contributed by atoms with Gasteiger partial charge in [0.25, 0.3) is 0 Å². The summed E-state index contributed by atoms with van der Waals surface area (Å²) in [5.41, 5.74) is 0.967. The molecule has 0 spiro atoms. The Morgan fingerprint density at radius 3 is 2.82 bits per heavy atom. The molecule has 17 heavy (non-hydrogen) atoms. The van der Waals surface area contributed by atoms with Gasteiger partial charge in [-0.15, -0.1) is 0 Å². The smallest absolute Gasteiger partial charge is 0.151 e. The topological polar surface area (TPSA) is 66.4 Å². The average molecular weight is 255 g/mol. The molecule has 1 aromatic rings. The Bertz CT molecular complexity index is 498. The summed E-state index contributed by atoms with van der Waals surface area (Å²) in [7, 11) is -2.84. The molecule has 1 aliphatic heterocycles. The molecule has 2 unspecified atom stereocenters. The first-order valence-electron chi connectivity index (χ1n) is 5.72. The van der Waals surface area contributed by atoms with Crippen molar-refractivity contribution in [3.05, 3.63) is 29.8 Å². The predicted molar refractivity (Wildman–Crippen MR) is 66.7 cm³/mol. The summed E-state index contributed by atoms with van der Waals surface area (Å²) in [4.78, 5) is 0. The summed E-state index contributed by atoms with van der Waals surface area (Å²) in [5, 5.41) is 12.7. The highest BCUT2D eigenvalue weighted by Gasteiger charge is 2.28. The van der Waals surface area contributed by atoms with Gasteiger partial charge in [-0.25, -0.2) is 8.42 Å². The fraction of sp³-hybridized carbons (Fsp3) is 0.500. The molecule has 0 aromatic heterocycles. The van der Waals surface area contributed by atoms with Crippen LogP contribution in [0, 0.1) is 0 Å². The van der Waals surface area contributed by atoms with Crippen LogP contribution in [-0.2, 0) is 9.84 Å². The van der Waals surface area contributed by atoms with Crippen LogP contribution < -0.4 is 5.32 Å². The van der Waals surface area contributed by atoms with Crippen LogP contribution in [0.2, 0.25) is 0 Å². The number of benzene rings is 1. The van der Waals surface area contributed by atoms with Crippen molar-refractivity contribution in [3.8, 4) is 5.75 Å². The fourth-order valence-electron chi connectivity index (χ4n) is 2.17. The van der Waals surface area contributed by atoms with E-state index in [1.165, 1.54) is 0 Å². The maximum Gasteiger partial charge on any atom is 0.151 e. The third kappa shape index (κ3) is 3.20. The molecule has 1 aliphatic rings. The van der Waals surface area contributed by atoms with Crippen LogP contribution >= 0.6 is 0 Å². The number of nitrogens with one attached hydrogen (secondary N) is 1. The van der Waals surface area contributed by atoms with Crippen LogP contribution in [0.15, 0.2) is 24.3 Å². The second-order valence-corrected chi connectivity index (χ2v) is 6.81. The highest BCUT2D eigenvalue weighted by Crippen LogP contribution is 2.20. The van der Waals surface area contributed by atoms with Crippen molar-refractivity contribution in [1.82, 2.24) is 5.32 Å². The van der Waals surface area contributed by atoms with Crippen molar-refractivity contribution in [3.63, 3.8) is 0 Å². The Morgan fingerprint density at radius 2 is 2.24 bits per heavy atom. The number of sulfone groups is 1. The SMILES string of the molecule is CC(NC1CCS(=O)(=O)C1)c1cccc(O)c1. The molecule has 0 saturated carbocycles. The minimum atomic E-state index is -2.84. The Labute approximate surface area is 102 Å². The van der Waals surface area contributed by atoms with Gasteiger partial charge in [0.1, 0.15) is 5.75 Å². The van der Waals surface area contributed by atoms with Crippen LogP contribution in [0.3, 0.4) is 0 Å². The lowest BCUT2D eigenvalue weighted by Crippen LogP contribution is -2.32. The molecule has 0 radical (unpaired) electrons. The maximum absolute atomic E-state index is 11.3. The third-order valence-corrected chi connectivity index (χ3v) is 4.86. The van der Waals surface area contributed by atoms with Gasteiger partial charge in [-0.2, -0.15) is 0 Å². The summed E-state index contributed by atoms with van der Waals surface area (Å²) >= 11 is 0. The quantitative estimate of drug-likeness (QED) is 0.852. The third-order valence-electron chi connectivity index (χ3n) is 3.09. The van der Waals surface area contributed by atoms with E-state index in [9.17, 15) is 13.5 Å². The first-order valence-corrected chi connectivity index (χ1v) is 7.54. The molecule has 1 heterocycles. The zero-order valence-electron chi connectivity index (χ0n) is 9.76. The molecule has 2 N–H and O–H groups in total. The summed E-state index contributed by atoms with van der Waals surface area (Å²) in [6.07, 6.45) is 0.672. The van der Waals surface area contributed by atoms with Gasteiger partial charge in [0.15, 0.2) is 9.84 Å².